The van der Waals surface area contributed by atoms with Crippen molar-refractivity contribution in [2.45, 2.75) is 6.10 Å². The van der Waals surface area contributed by atoms with Crippen molar-refractivity contribution in [1.82, 2.24) is 14.7 Å². The Balaban J connectivity index is 2.05. The highest BCUT2D eigenvalue weighted by molar-refractivity contribution is 5.48. The summed E-state index contributed by atoms with van der Waals surface area (Å²) in [6.45, 7) is 2.33. The van der Waals surface area contributed by atoms with Crippen LogP contribution < -0.4 is 5.32 Å². The molecule has 16 heavy (non-hydrogen) atoms. The summed E-state index contributed by atoms with van der Waals surface area (Å²) < 4.78 is 7.51. The fraction of sp³-hybridized carbons (Fsp3) is 0.364. The number of imidazole rings is 1. The molecule has 2 aromatic heterocycles. The Morgan fingerprint density at radius 2 is 2.44 bits per heavy atom. The molecule has 5 heteroatoms. The maximum Gasteiger partial charge on any atom is 0.143 e. The van der Waals surface area contributed by atoms with Crippen molar-refractivity contribution in [2.75, 3.05) is 19.7 Å². The fourth-order valence-corrected chi connectivity index (χ4v) is 1.97. The van der Waals surface area contributed by atoms with Crippen molar-refractivity contribution >= 4 is 5.52 Å². The first-order chi connectivity index (χ1) is 7.84. The van der Waals surface area contributed by atoms with Gasteiger partial charge in [-0.3, -0.25) is 4.40 Å². The summed E-state index contributed by atoms with van der Waals surface area (Å²) >= 11 is 0. The molecule has 1 saturated heterocycles. The molecule has 84 valence electrons. The third-order valence-electron chi connectivity index (χ3n) is 2.76. The molecule has 0 saturated carbocycles. The van der Waals surface area contributed by atoms with Crippen LogP contribution in [0.15, 0.2) is 24.5 Å². The summed E-state index contributed by atoms with van der Waals surface area (Å²) in [4.78, 5) is 4.35. The lowest BCUT2D eigenvalue weighted by Crippen LogP contribution is -2.34. The van der Waals surface area contributed by atoms with Gasteiger partial charge in [0.15, 0.2) is 0 Å². The standard InChI is InChI=1S/C11H13N3O2/c15-9-2-1-8-5-13-11(14(8)7-9)10-6-12-3-4-16-10/h1-2,5,7,10,12,15H,3-4,6H2. The van der Waals surface area contributed by atoms with Gasteiger partial charge in [-0.1, -0.05) is 0 Å². The lowest BCUT2D eigenvalue weighted by atomic mass is 10.3. The van der Waals surface area contributed by atoms with Crippen LogP contribution in [-0.2, 0) is 4.74 Å². The summed E-state index contributed by atoms with van der Waals surface area (Å²) in [6, 6.07) is 3.49. The van der Waals surface area contributed by atoms with E-state index in [9.17, 15) is 5.11 Å². The van der Waals surface area contributed by atoms with Crippen molar-refractivity contribution < 1.29 is 9.84 Å². The number of pyridine rings is 1. The molecular formula is C11H13N3O2. The molecule has 1 aliphatic rings. The number of hydrogen-bond donors (Lipinski definition) is 2. The van der Waals surface area contributed by atoms with Crippen LogP contribution in [0.25, 0.3) is 5.52 Å². The normalized spacial score (nSPS) is 21.4. The van der Waals surface area contributed by atoms with Gasteiger partial charge in [0.1, 0.15) is 17.7 Å². The van der Waals surface area contributed by atoms with E-state index in [4.69, 9.17) is 4.74 Å². The molecule has 1 atom stereocenters. The van der Waals surface area contributed by atoms with E-state index in [-0.39, 0.29) is 11.9 Å². The first-order valence-corrected chi connectivity index (χ1v) is 5.33. The second-order valence-electron chi connectivity index (χ2n) is 3.86. The molecule has 1 aliphatic heterocycles. The highest BCUT2D eigenvalue weighted by Gasteiger charge is 2.20. The summed E-state index contributed by atoms with van der Waals surface area (Å²) in [6.07, 6.45) is 3.40. The van der Waals surface area contributed by atoms with E-state index in [1.165, 1.54) is 0 Å². The van der Waals surface area contributed by atoms with Gasteiger partial charge in [-0.05, 0) is 12.1 Å². The SMILES string of the molecule is Oc1ccc2cnc(C3CNCCO3)n2c1. The first-order valence-electron chi connectivity index (χ1n) is 5.33. The van der Waals surface area contributed by atoms with Gasteiger partial charge in [0.25, 0.3) is 0 Å². The van der Waals surface area contributed by atoms with Crippen LogP contribution >= 0.6 is 0 Å². The number of ether oxygens (including phenoxy) is 1. The van der Waals surface area contributed by atoms with Gasteiger partial charge in [0.05, 0.1) is 24.5 Å². The first kappa shape index (κ1) is 9.62. The second kappa shape index (κ2) is 3.77. The fourth-order valence-electron chi connectivity index (χ4n) is 1.97. The van der Waals surface area contributed by atoms with Crippen LogP contribution in [0, 0.1) is 0 Å². The van der Waals surface area contributed by atoms with Gasteiger partial charge in [0.2, 0.25) is 0 Å². The minimum atomic E-state index is -0.0435. The Hall–Kier alpha value is -1.59. The maximum absolute atomic E-state index is 9.47. The largest absolute Gasteiger partial charge is 0.506 e. The van der Waals surface area contributed by atoms with E-state index in [2.05, 4.69) is 10.3 Å². The third-order valence-corrected chi connectivity index (χ3v) is 2.76. The number of nitrogens with zero attached hydrogens (tertiary/aromatic N) is 2. The average Bonchev–Trinajstić information content (AvgIpc) is 2.73. The zero-order valence-corrected chi connectivity index (χ0v) is 8.76. The van der Waals surface area contributed by atoms with Gasteiger partial charge < -0.3 is 15.2 Å². The maximum atomic E-state index is 9.47. The minimum absolute atomic E-state index is 0.0435. The molecule has 5 nitrogen and oxygen atoms in total. The summed E-state index contributed by atoms with van der Waals surface area (Å²) in [5.74, 6) is 1.06. The molecule has 0 radical (unpaired) electrons. The molecule has 0 bridgehead atoms. The van der Waals surface area contributed by atoms with Crippen LogP contribution in [0.2, 0.25) is 0 Å². The highest BCUT2D eigenvalue weighted by atomic mass is 16.5. The Labute approximate surface area is 92.7 Å². The smallest absolute Gasteiger partial charge is 0.143 e. The van der Waals surface area contributed by atoms with Crippen LogP contribution in [0.3, 0.4) is 0 Å². The number of nitrogens with one attached hydrogen (secondary N) is 1. The summed E-state index contributed by atoms with van der Waals surface area (Å²) in [5.41, 5.74) is 0.960. The number of aromatic hydroxyl groups is 1. The molecule has 0 spiro atoms. The zero-order valence-electron chi connectivity index (χ0n) is 8.76. The molecule has 0 aliphatic carbocycles. The van der Waals surface area contributed by atoms with Crippen LogP contribution in [0.5, 0.6) is 5.75 Å². The molecule has 0 aromatic carbocycles. The van der Waals surface area contributed by atoms with Gasteiger partial charge in [0, 0.05) is 13.1 Å². The van der Waals surface area contributed by atoms with Crippen LogP contribution in [0.1, 0.15) is 11.9 Å². The zero-order chi connectivity index (χ0) is 11.0. The molecule has 3 heterocycles. The number of rotatable bonds is 1. The topological polar surface area (TPSA) is 58.8 Å². The van der Waals surface area contributed by atoms with Crippen molar-refractivity contribution in [3.63, 3.8) is 0 Å². The summed E-state index contributed by atoms with van der Waals surface area (Å²) in [5, 5.41) is 12.7. The lowest BCUT2D eigenvalue weighted by molar-refractivity contribution is 0.0218. The van der Waals surface area contributed by atoms with E-state index in [1.807, 2.05) is 10.5 Å². The lowest BCUT2D eigenvalue weighted by Gasteiger charge is -2.22. The molecule has 1 unspecified atom stereocenters. The summed E-state index contributed by atoms with van der Waals surface area (Å²) in [7, 11) is 0. The number of morpholine rings is 1. The van der Waals surface area contributed by atoms with E-state index in [0.717, 1.165) is 24.4 Å². The monoisotopic (exact) mass is 219 g/mol. The van der Waals surface area contributed by atoms with Gasteiger partial charge in [-0.15, -0.1) is 0 Å². The second-order valence-corrected chi connectivity index (χ2v) is 3.86. The van der Waals surface area contributed by atoms with E-state index in [1.54, 1.807) is 18.5 Å². The average molecular weight is 219 g/mol. The van der Waals surface area contributed by atoms with Gasteiger partial charge >= 0.3 is 0 Å². The van der Waals surface area contributed by atoms with E-state index in [0.29, 0.717) is 6.61 Å². The predicted octanol–water partition coefficient (Wildman–Crippen LogP) is 0.701. The van der Waals surface area contributed by atoms with Gasteiger partial charge in [-0.25, -0.2) is 4.98 Å². The quantitative estimate of drug-likeness (QED) is 0.741. The van der Waals surface area contributed by atoms with E-state index >= 15 is 0 Å². The van der Waals surface area contributed by atoms with Gasteiger partial charge in [-0.2, -0.15) is 0 Å². The number of fused-ring (bicyclic) bond motifs is 1. The highest BCUT2D eigenvalue weighted by Crippen LogP contribution is 2.21. The Bertz CT molecular complexity index is 503. The van der Waals surface area contributed by atoms with Crippen LogP contribution in [-0.4, -0.2) is 34.2 Å². The Morgan fingerprint density at radius 1 is 1.50 bits per heavy atom. The van der Waals surface area contributed by atoms with E-state index < -0.39 is 0 Å². The molecule has 2 N–H and O–H groups in total. The Kier molecular flexibility index (Phi) is 2.27. The number of aromatic nitrogens is 2. The minimum Gasteiger partial charge on any atom is -0.506 e. The predicted molar refractivity (Wildman–Crippen MR) is 58.4 cm³/mol. The molecule has 3 rings (SSSR count). The third kappa shape index (κ3) is 1.54. The van der Waals surface area contributed by atoms with Crippen molar-refractivity contribution in [2.24, 2.45) is 0 Å². The molecule has 0 amide bonds. The van der Waals surface area contributed by atoms with Crippen LogP contribution in [0.4, 0.5) is 0 Å². The Morgan fingerprint density at radius 3 is 3.25 bits per heavy atom. The van der Waals surface area contributed by atoms with Crippen molar-refractivity contribution in [3.8, 4) is 5.75 Å². The van der Waals surface area contributed by atoms with Crippen molar-refractivity contribution in [3.05, 3.63) is 30.4 Å². The molecular weight excluding hydrogens is 206 g/mol. The van der Waals surface area contributed by atoms with Crippen molar-refractivity contribution in [1.29, 1.82) is 0 Å². The molecule has 2 aromatic rings. The number of hydrogen-bond acceptors (Lipinski definition) is 4. The molecule has 1 fully saturated rings.